The zero-order chi connectivity index (χ0) is 20.2. The molecule has 0 saturated heterocycles. The van der Waals surface area contributed by atoms with Gasteiger partial charge in [-0.2, -0.15) is 0 Å². The smallest absolute Gasteiger partial charge is 0.240 e. The summed E-state index contributed by atoms with van der Waals surface area (Å²) in [6.45, 7) is -0.419. The van der Waals surface area contributed by atoms with Gasteiger partial charge in [-0.15, -0.1) is 0 Å². The molecular weight excluding hydrogens is 388 g/mol. The molecule has 2 aromatic rings. The first-order valence-corrected chi connectivity index (χ1v) is 9.21. The predicted molar refractivity (Wildman–Crippen MR) is 89.0 cm³/mol. The molecule has 0 aromatic heterocycles. The number of carbonyl (C=O) groups is 1. The lowest BCUT2D eigenvalue weighted by Crippen LogP contribution is -2.32. The van der Waals surface area contributed by atoms with E-state index in [4.69, 9.17) is 0 Å². The molecule has 0 aliphatic carbocycles. The topological polar surface area (TPSA) is 66.5 Å². The van der Waals surface area contributed by atoms with Crippen LogP contribution in [-0.2, 0) is 21.4 Å². The van der Waals surface area contributed by atoms with Crippen LogP contribution >= 0.6 is 0 Å². The first-order valence-electron chi connectivity index (χ1n) is 7.73. The lowest BCUT2D eigenvalue weighted by molar-refractivity contribution is -0.130. The average molecular weight is 404 g/mol. The predicted octanol–water partition coefficient (Wildman–Crippen LogP) is 2.57. The van der Waals surface area contributed by atoms with Crippen molar-refractivity contribution < 1.29 is 30.8 Å². The zero-order valence-corrected chi connectivity index (χ0v) is 15.0. The van der Waals surface area contributed by atoms with Gasteiger partial charge in [-0.25, -0.2) is 30.7 Å². The number of halogens is 4. The van der Waals surface area contributed by atoms with E-state index < -0.39 is 44.1 Å². The molecule has 146 valence electrons. The van der Waals surface area contributed by atoms with Gasteiger partial charge in [0.05, 0.1) is 4.90 Å². The van der Waals surface area contributed by atoms with Gasteiger partial charge in [-0.05, 0) is 24.3 Å². The van der Waals surface area contributed by atoms with Crippen molar-refractivity contribution in [2.75, 3.05) is 13.6 Å². The van der Waals surface area contributed by atoms with Gasteiger partial charge in [0.2, 0.25) is 15.9 Å². The van der Waals surface area contributed by atoms with Crippen LogP contribution in [0.1, 0.15) is 12.0 Å². The van der Waals surface area contributed by atoms with Crippen molar-refractivity contribution in [3.8, 4) is 0 Å². The summed E-state index contributed by atoms with van der Waals surface area (Å²) in [6.07, 6.45) is -0.248. The molecule has 2 rings (SSSR count). The number of rotatable bonds is 7. The highest BCUT2D eigenvalue weighted by atomic mass is 32.2. The van der Waals surface area contributed by atoms with Crippen molar-refractivity contribution in [2.45, 2.75) is 17.9 Å². The Hall–Kier alpha value is -2.46. The van der Waals surface area contributed by atoms with Crippen LogP contribution in [-0.4, -0.2) is 32.8 Å². The summed E-state index contributed by atoms with van der Waals surface area (Å²) < 4.78 is 78.6. The fraction of sp³-hybridized carbons (Fsp3) is 0.235. The SMILES string of the molecule is CN(Cc1ccc(F)cc1F)C(=O)CCNS(=O)(=O)c1ccc(F)c(F)c1. The molecule has 2 aromatic carbocycles. The number of nitrogens with zero attached hydrogens (tertiary/aromatic N) is 1. The monoisotopic (exact) mass is 404 g/mol. The van der Waals surface area contributed by atoms with E-state index in [-0.39, 0.29) is 25.1 Å². The summed E-state index contributed by atoms with van der Waals surface area (Å²) in [5.41, 5.74) is 0.106. The normalized spacial score (nSPS) is 11.4. The maximum Gasteiger partial charge on any atom is 0.240 e. The molecule has 0 bridgehead atoms. The summed E-state index contributed by atoms with van der Waals surface area (Å²) in [5.74, 6) is -4.52. The molecule has 10 heteroatoms. The summed E-state index contributed by atoms with van der Waals surface area (Å²) in [4.78, 5) is 12.7. The molecule has 0 heterocycles. The molecule has 27 heavy (non-hydrogen) atoms. The third kappa shape index (κ3) is 5.51. The Morgan fingerprint density at radius 2 is 1.70 bits per heavy atom. The first kappa shape index (κ1) is 20.8. The molecule has 0 fully saturated rings. The third-order valence-corrected chi connectivity index (χ3v) is 5.14. The van der Waals surface area contributed by atoms with Crippen LogP contribution < -0.4 is 4.72 Å². The molecule has 0 aliphatic heterocycles. The van der Waals surface area contributed by atoms with Gasteiger partial charge in [-0.3, -0.25) is 4.79 Å². The van der Waals surface area contributed by atoms with E-state index in [9.17, 15) is 30.8 Å². The van der Waals surface area contributed by atoms with E-state index in [2.05, 4.69) is 4.72 Å². The van der Waals surface area contributed by atoms with Crippen molar-refractivity contribution in [1.29, 1.82) is 0 Å². The Labute approximate surface area is 153 Å². The fourth-order valence-corrected chi connectivity index (χ4v) is 3.25. The highest BCUT2D eigenvalue weighted by Gasteiger charge is 2.18. The number of nitrogens with one attached hydrogen (secondary N) is 1. The second kappa shape index (κ2) is 8.49. The lowest BCUT2D eigenvalue weighted by Gasteiger charge is -2.18. The highest BCUT2D eigenvalue weighted by Crippen LogP contribution is 2.14. The minimum Gasteiger partial charge on any atom is -0.341 e. The van der Waals surface area contributed by atoms with Gasteiger partial charge < -0.3 is 4.90 Å². The summed E-state index contributed by atoms with van der Waals surface area (Å²) in [7, 11) is -2.74. The largest absolute Gasteiger partial charge is 0.341 e. The van der Waals surface area contributed by atoms with Crippen molar-refractivity contribution >= 4 is 15.9 Å². The second-order valence-corrected chi connectivity index (χ2v) is 7.48. The van der Waals surface area contributed by atoms with Crippen LogP contribution in [0.4, 0.5) is 17.6 Å². The Morgan fingerprint density at radius 1 is 1.00 bits per heavy atom. The van der Waals surface area contributed by atoms with Crippen molar-refractivity contribution in [3.63, 3.8) is 0 Å². The van der Waals surface area contributed by atoms with Crippen LogP contribution in [0.15, 0.2) is 41.3 Å². The molecule has 0 saturated carbocycles. The van der Waals surface area contributed by atoms with Gasteiger partial charge in [0.1, 0.15) is 11.6 Å². The van der Waals surface area contributed by atoms with Crippen LogP contribution in [0.25, 0.3) is 0 Å². The minimum absolute atomic E-state index is 0.106. The summed E-state index contributed by atoms with van der Waals surface area (Å²) >= 11 is 0. The second-order valence-electron chi connectivity index (χ2n) is 5.71. The quantitative estimate of drug-likeness (QED) is 0.722. The van der Waals surface area contributed by atoms with Crippen LogP contribution in [0.2, 0.25) is 0 Å². The van der Waals surface area contributed by atoms with Crippen LogP contribution in [0, 0.1) is 23.3 Å². The number of benzene rings is 2. The van der Waals surface area contributed by atoms with Gasteiger partial charge in [0.15, 0.2) is 11.6 Å². The fourth-order valence-electron chi connectivity index (χ4n) is 2.20. The molecule has 1 N–H and O–H groups in total. The van der Waals surface area contributed by atoms with Gasteiger partial charge in [0, 0.05) is 38.2 Å². The highest BCUT2D eigenvalue weighted by molar-refractivity contribution is 7.89. The Bertz CT molecular complexity index is 951. The lowest BCUT2D eigenvalue weighted by atomic mass is 10.2. The Kier molecular flexibility index (Phi) is 6.55. The molecule has 0 aliphatic rings. The van der Waals surface area contributed by atoms with E-state index in [0.717, 1.165) is 17.0 Å². The molecule has 0 unspecified atom stereocenters. The molecule has 5 nitrogen and oxygen atoms in total. The van der Waals surface area contributed by atoms with E-state index in [1.807, 2.05) is 0 Å². The van der Waals surface area contributed by atoms with E-state index in [0.29, 0.717) is 18.2 Å². The van der Waals surface area contributed by atoms with E-state index in [1.165, 1.54) is 13.1 Å². The molecule has 0 spiro atoms. The summed E-state index contributed by atoms with van der Waals surface area (Å²) in [5, 5.41) is 0. The number of amides is 1. The molecule has 1 amide bonds. The maximum atomic E-state index is 13.6. The minimum atomic E-state index is -4.12. The van der Waals surface area contributed by atoms with Gasteiger partial charge in [-0.1, -0.05) is 6.07 Å². The van der Waals surface area contributed by atoms with Crippen molar-refractivity contribution in [1.82, 2.24) is 9.62 Å². The molecule has 0 atom stereocenters. The van der Waals surface area contributed by atoms with E-state index in [1.54, 1.807) is 0 Å². The number of carbonyl (C=O) groups excluding carboxylic acids is 1. The average Bonchev–Trinajstić information content (AvgIpc) is 2.59. The Balaban J connectivity index is 1.91. The number of hydrogen-bond donors (Lipinski definition) is 1. The first-order chi connectivity index (χ1) is 12.6. The maximum absolute atomic E-state index is 13.6. The van der Waals surface area contributed by atoms with Crippen molar-refractivity contribution in [3.05, 3.63) is 65.2 Å². The number of hydrogen-bond acceptors (Lipinski definition) is 3. The van der Waals surface area contributed by atoms with Crippen LogP contribution in [0.5, 0.6) is 0 Å². The molecule has 0 radical (unpaired) electrons. The standard InChI is InChI=1S/C17H16F4N2O3S/c1-23(10-11-2-3-12(18)8-15(11)20)17(24)6-7-22-27(25,26)13-4-5-14(19)16(21)9-13/h2-5,8-9,22H,6-7,10H2,1H3. The van der Waals surface area contributed by atoms with Crippen LogP contribution in [0.3, 0.4) is 0 Å². The van der Waals surface area contributed by atoms with Gasteiger partial charge in [0.25, 0.3) is 0 Å². The van der Waals surface area contributed by atoms with E-state index >= 15 is 0 Å². The molecular formula is C17H16F4N2O3S. The Morgan fingerprint density at radius 3 is 2.33 bits per heavy atom. The summed E-state index contributed by atoms with van der Waals surface area (Å²) in [6, 6.07) is 5.07. The third-order valence-electron chi connectivity index (χ3n) is 3.68. The van der Waals surface area contributed by atoms with Crippen molar-refractivity contribution in [2.24, 2.45) is 0 Å². The van der Waals surface area contributed by atoms with Gasteiger partial charge >= 0.3 is 0 Å². The zero-order valence-electron chi connectivity index (χ0n) is 14.2. The number of sulfonamides is 1.